The lowest BCUT2D eigenvalue weighted by atomic mass is 9.88. The molecule has 2 aliphatic rings. The maximum Gasteiger partial charge on any atom is 0.151 e. The molecule has 4 nitrogen and oxygen atoms in total. The zero-order chi connectivity index (χ0) is 15.3. The van der Waals surface area contributed by atoms with Crippen LogP contribution in [-0.4, -0.2) is 45.2 Å². The Morgan fingerprint density at radius 2 is 1.71 bits per heavy atom. The Morgan fingerprint density at radius 3 is 2.43 bits per heavy atom. The number of hydrogen-bond donors (Lipinski definition) is 1. The molecule has 2 rings (SSSR count). The highest BCUT2D eigenvalue weighted by Gasteiger charge is 2.32. The molecule has 0 saturated heterocycles. The van der Waals surface area contributed by atoms with Gasteiger partial charge >= 0.3 is 0 Å². The van der Waals surface area contributed by atoms with E-state index in [0.717, 1.165) is 32.2 Å². The summed E-state index contributed by atoms with van der Waals surface area (Å²) in [5.74, 6) is 0.664. The normalized spacial score (nSPS) is 34.8. The molecule has 2 aliphatic carbocycles. The first-order valence-electron chi connectivity index (χ1n) is 8.52. The molecule has 0 aromatic rings. The highest BCUT2D eigenvalue weighted by molar-refractivity contribution is 7.91. The number of nitrogens with one attached hydrogen (secondary N) is 1. The molecule has 0 aromatic carbocycles. The quantitative estimate of drug-likeness (QED) is 0.765. The molecule has 4 atom stereocenters. The molecular formula is C16H31NO3S. The summed E-state index contributed by atoms with van der Waals surface area (Å²) in [6, 6.07) is 0.112. The molecule has 0 bridgehead atoms. The molecule has 0 amide bonds. The monoisotopic (exact) mass is 317 g/mol. The standard InChI is InChI=1S/C16H31NO3S/c1-13-7-3-5-9-15(13)20-12-11-17-14-8-4-6-10-16(14)21(2,18)19/h13-17H,3-12H2,1-2H3/t13-,14-,15+,16+/m1/s1. The summed E-state index contributed by atoms with van der Waals surface area (Å²) in [6.45, 7) is 3.74. The molecule has 2 fully saturated rings. The zero-order valence-electron chi connectivity index (χ0n) is 13.5. The molecule has 5 heteroatoms. The van der Waals surface area contributed by atoms with Crippen LogP contribution in [0.15, 0.2) is 0 Å². The fraction of sp³-hybridized carbons (Fsp3) is 1.00. The molecule has 0 spiro atoms. The SMILES string of the molecule is C[C@@H]1CCCC[C@@H]1OCCN[C@@H]1CCCC[C@@H]1S(C)(=O)=O. The van der Waals surface area contributed by atoms with E-state index >= 15 is 0 Å². The van der Waals surface area contributed by atoms with Gasteiger partial charge in [-0.25, -0.2) is 8.42 Å². The van der Waals surface area contributed by atoms with E-state index < -0.39 is 9.84 Å². The van der Waals surface area contributed by atoms with Gasteiger partial charge in [0.25, 0.3) is 0 Å². The smallest absolute Gasteiger partial charge is 0.151 e. The van der Waals surface area contributed by atoms with E-state index in [2.05, 4.69) is 12.2 Å². The van der Waals surface area contributed by atoms with Crippen LogP contribution in [0, 0.1) is 5.92 Å². The van der Waals surface area contributed by atoms with Crippen LogP contribution in [0.25, 0.3) is 0 Å². The van der Waals surface area contributed by atoms with Crippen molar-refractivity contribution in [3.05, 3.63) is 0 Å². The van der Waals surface area contributed by atoms with Gasteiger partial charge in [-0.3, -0.25) is 0 Å². The van der Waals surface area contributed by atoms with Crippen molar-refractivity contribution in [1.82, 2.24) is 5.32 Å². The summed E-state index contributed by atoms with van der Waals surface area (Å²) < 4.78 is 29.7. The first-order chi connectivity index (χ1) is 9.98. The van der Waals surface area contributed by atoms with E-state index in [1.807, 2.05) is 0 Å². The predicted molar refractivity (Wildman–Crippen MR) is 86.3 cm³/mol. The van der Waals surface area contributed by atoms with Gasteiger partial charge in [0, 0.05) is 18.8 Å². The van der Waals surface area contributed by atoms with Gasteiger partial charge in [-0.05, 0) is 31.6 Å². The Labute approximate surface area is 129 Å². The summed E-state index contributed by atoms with van der Waals surface area (Å²) in [5, 5.41) is 3.22. The van der Waals surface area contributed by atoms with Crippen molar-refractivity contribution in [3.8, 4) is 0 Å². The van der Waals surface area contributed by atoms with Crippen molar-refractivity contribution in [2.24, 2.45) is 5.92 Å². The van der Waals surface area contributed by atoms with Gasteiger partial charge in [0.15, 0.2) is 9.84 Å². The molecule has 0 unspecified atom stereocenters. The van der Waals surface area contributed by atoms with E-state index in [0.29, 0.717) is 18.6 Å². The van der Waals surface area contributed by atoms with Crippen molar-refractivity contribution in [1.29, 1.82) is 0 Å². The lowest BCUT2D eigenvalue weighted by molar-refractivity contribution is -0.00409. The average Bonchev–Trinajstić information content (AvgIpc) is 2.45. The van der Waals surface area contributed by atoms with Crippen LogP contribution in [0.2, 0.25) is 0 Å². The van der Waals surface area contributed by atoms with Crippen LogP contribution in [0.4, 0.5) is 0 Å². The van der Waals surface area contributed by atoms with Crippen molar-refractivity contribution in [2.45, 2.75) is 75.7 Å². The third-order valence-electron chi connectivity index (χ3n) is 5.13. The Hall–Kier alpha value is -0.130. The van der Waals surface area contributed by atoms with Gasteiger partial charge in [0.2, 0.25) is 0 Å². The Morgan fingerprint density at radius 1 is 1.05 bits per heavy atom. The van der Waals surface area contributed by atoms with E-state index in [-0.39, 0.29) is 11.3 Å². The second kappa shape index (κ2) is 7.93. The first kappa shape index (κ1) is 17.2. The maximum atomic E-state index is 11.8. The van der Waals surface area contributed by atoms with Gasteiger partial charge in [-0.2, -0.15) is 0 Å². The minimum Gasteiger partial charge on any atom is -0.377 e. The van der Waals surface area contributed by atoms with Crippen LogP contribution >= 0.6 is 0 Å². The highest BCUT2D eigenvalue weighted by atomic mass is 32.2. The molecule has 0 aliphatic heterocycles. The van der Waals surface area contributed by atoms with Crippen LogP contribution in [0.3, 0.4) is 0 Å². The molecular weight excluding hydrogens is 286 g/mol. The topological polar surface area (TPSA) is 55.4 Å². The molecule has 0 heterocycles. The number of hydrogen-bond acceptors (Lipinski definition) is 4. The van der Waals surface area contributed by atoms with E-state index in [9.17, 15) is 8.42 Å². The van der Waals surface area contributed by atoms with Crippen molar-refractivity contribution in [2.75, 3.05) is 19.4 Å². The molecule has 21 heavy (non-hydrogen) atoms. The zero-order valence-corrected chi connectivity index (χ0v) is 14.3. The predicted octanol–water partition coefficient (Wildman–Crippen LogP) is 2.53. The average molecular weight is 317 g/mol. The van der Waals surface area contributed by atoms with E-state index in [1.54, 1.807) is 0 Å². The van der Waals surface area contributed by atoms with Gasteiger partial charge in [-0.15, -0.1) is 0 Å². The summed E-state index contributed by atoms with van der Waals surface area (Å²) in [7, 11) is -2.94. The Bertz CT molecular complexity index is 410. The summed E-state index contributed by atoms with van der Waals surface area (Å²) in [6.07, 6.45) is 10.8. The highest BCUT2D eigenvalue weighted by Crippen LogP contribution is 2.26. The van der Waals surface area contributed by atoms with Crippen molar-refractivity contribution >= 4 is 9.84 Å². The van der Waals surface area contributed by atoms with Gasteiger partial charge < -0.3 is 10.1 Å². The number of ether oxygens (including phenoxy) is 1. The molecule has 2 saturated carbocycles. The fourth-order valence-corrected chi connectivity index (χ4v) is 5.25. The lowest BCUT2D eigenvalue weighted by Gasteiger charge is -2.32. The summed E-state index contributed by atoms with van der Waals surface area (Å²) >= 11 is 0. The number of rotatable bonds is 6. The Balaban J connectivity index is 1.71. The van der Waals surface area contributed by atoms with Crippen molar-refractivity contribution in [3.63, 3.8) is 0 Å². The molecule has 1 N–H and O–H groups in total. The summed E-state index contributed by atoms with van der Waals surface area (Å²) in [5.41, 5.74) is 0. The van der Waals surface area contributed by atoms with Crippen LogP contribution in [-0.2, 0) is 14.6 Å². The molecule has 0 radical (unpaired) electrons. The molecule has 0 aromatic heterocycles. The second-order valence-electron chi connectivity index (χ2n) is 6.88. The van der Waals surface area contributed by atoms with Gasteiger partial charge in [0.1, 0.15) is 0 Å². The number of sulfone groups is 1. The van der Waals surface area contributed by atoms with Crippen molar-refractivity contribution < 1.29 is 13.2 Å². The van der Waals surface area contributed by atoms with Gasteiger partial charge in [-0.1, -0.05) is 32.6 Å². The third kappa shape index (κ3) is 5.22. The fourth-order valence-electron chi connectivity index (χ4n) is 3.83. The van der Waals surface area contributed by atoms with Crippen LogP contribution in [0.5, 0.6) is 0 Å². The first-order valence-corrected chi connectivity index (χ1v) is 10.5. The van der Waals surface area contributed by atoms with E-state index in [1.165, 1.54) is 31.9 Å². The Kier molecular flexibility index (Phi) is 6.51. The maximum absolute atomic E-state index is 11.8. The van der Waals surface area contributed by atoms with E-state index in [4.69, 9.17) is 4.74 Å². The minimum atomic E-state index is -2.94. The minimum absolute atomic E-state index is 0.112. The second-order valence-corrected chi connectivity index (χ2v) is 9.15. The largest absolute Gasteiger partial charge is 0.377 e. The van der Waals surface area contributed by atoms with Crippen LogP contribution < -0.4 is 5.32 Å². The van der Waals surface area contributed by atoms with Gasteiger partial charge in [0.05, 0.1) is 18.0 Å². The summed E-state index contributed by atoms with van der Waals surface area (Å²) in [4.78, 5) is 0. The molecule has 124 valence electrons. The van der Waals surface area contributed by atoms with Crippen LogP contribution in [0.1, 0.15) is 58.3 Å². The lowest BCUT2D eigenvalue weighted by Crippen LogP contribution is -2.47. The third-order valence-corrected chi connectivity index (χ3v) is 6.79.